The molecule has 4 nitrogen and oxygen atoms in total. The quantitative estimate of drug-likeness (QED) is 0.276. The summed E-state index contributed by atoms with van der Waals surface area (Å²) in [6, 6.07) is 0. The Balaban J connectivity index is 4.59. The van der Waals surface area contributed by atoms with Crippen molar-refractivity contribution in [2.45, 2.75) is 107 Å². The van der Waals surface area contributed by atoms with Crippen molar-refractivity contribution in [1.29, 1.82) is 0 Å². The maximum atomic E-state index is 12.1. The average Bonchev–Trinajstić information content (AvgIpc) is 2.47. The summed E-state index contributed by atoms with van der Waals surface area (Å²) in [4.78, 5) is 22.6. The highest BCUT2D eigenvalue weighted by Gasteiger charge is 2.25. The molecule has 0 saturated heterocycles. The molecule has 0 heterocycles. The number of aliphatic carboxylic acids is 1. The monoisotopic (exact) mass is 398 g/mol. The second kappa shape index (κ2) is 12.5. The first-order valence-electron chi connectivity index (χ1n) is 11.1. The minimum atomic E-state index is -0.811. The van der Waals surface area contributed by atoms with E-state index >= 15 is 0 Å². The van der Waals surface area contributed by atoms with Crippen LogP contribution in [-0.4, -0.2) is 23.7 Å². The van der Waals surface area contributed by atoms with Crippen LogP contribution < -0.4 is 0 Å². The SMILES string of the molecule is CC(CCC(COC(=O)CCCCC(=O)O)C(C)CC(C)(C)C)CC(C)(C)C. The summed E-state index contributed by atoms with van der Waals surface area (Å²) >= 11 is 0. The van der Waals surface area contributed by atoms with E-state index < -0.39 is 5.97 Å². The number of rotatable bonds is 13. The molecule has 0 radical (unpaired) electrons. The van der Waals surface area contributed by atoms with Crippen LogP contribution in [0.25, 0.3) is 0 Å². The third-order valence-electron chi connectivity index (χ3n) is 5.21. The molecule has 0 aromatic heterocycles. The molecule has 0 aromatic rings. The summed E-state index contributed by atoms with van der Waals surface area (Å²) in [6.07, 6.45) is 6.10. The standard InChI is InChI=1S/C24H46O4/c1-18(15-23(3,4)5)13-14-20(19(2)16-24(6,7)8)17-28-22(27)12-10-9-11-21(25)26/h18-20H,9-17H2,1-8H3,(H,25,26). The predicted molar refractivity (Wildman–Crippen MR) is 116 cm³/mol. The molecule has 0 spiro atoms. The summed E-state index contributed by atoms with van der Waals surface area (Å²) in [5.41, 5.74) is 0.601. The first kappa shape index (κ1) is 26.9. The average molecular weight is 399 g/mol. The van der Waals surface area contributed by atoms with Crippen LogP contribution in [0.2, 0.25) is 0 Å². The Morgan fingerprint density at radius 1 is 0.857 bits per heavy atom. The highest BCUT2D eigenvalue weighted by Crippen LogP contribution is 2.33. The fourth-order valence-corrected chi connectivity index (χ4v) is 4.13. The van der Waals surface area contributed by atoms with Gasteiger partial charge in [0.25, 0.3) is 0 Å². The molecule has 0 fully saturated rings. The van der Waals surface area contributed by atoms with E-state index in [2.05, 4.69) is 55.4 Å². The van der Waals surface area contributed by atoms with Gasteiger partial charge in [-0.25, -0.2) is 0 Å². The van der Waals surface area contributed by atoms with Crippen LogP contribution in [0.1, 0.15) is 107 Å². The minimum Gasteiger partial charge on any atom is -0.481 e. The van der Waals surface area contributed by atoms with Gasteiger partial charge in [0.05, 0.1) is 6.61 Å². The Bertz CT molecular complexity index is 456. The molecule has 0 bridgehead atoms. The summed E-state index contributed by atoms with van der Waals surface area (Å²) in [5.74, 6) is 0.539. The van der Waals surface area contributed by atoms with Gasteiger partial charge in [-0.05, 0) is 60.7 Å². The van der Waals surface area contributed by atoms with E-state index in [-0.39, 0.29) is 17.8 Å². The second-order valence-corrected chi connectivity index (χ2v) is 11.2. The predicted octanol–water partition coefficient (Wildman–Crippen LogP) is 6.72. The molecule has 0 aliphatic carbocycles. The third-order valence-corrected chi connectivity index (χ3v) is 5.21. The number of carboxylic acid groups (broad SMARTS) is 1. The van der Waals surface area contributed by atoms with Crippen molar-refractivity contribution in [3.8, 4) is 0 Å². The highest BCUT2D eigenvalue weighted by molar-refractivity contribution is 5.69. The van der Waals surface area contributed by atoms with Crippen LogP contribution in [-0.2, 0) is 14.3 Å². The molecule has 3 atom stereocenters. The summed E-state index contributed by atoms with van der Waals surface area (Å²) in [5, 5.41) is 8.67. The van der Waals surface area contributed by atoms with Crippen LogP contribution in [0.3, 0.4) is 0 Å². The van der Waals surface area contributed by atoms with Crippen LogP contribution in [0.5, 0.6) is 0 Å². The lowest BCUT2D eigenvalue weighted by Crippen LogP contribution is -2.25. The molecule has 3 unspecified atom stereocenters. The van der Waals surface area contributed by atoms with Crippen LogP contribution in [0.15, 0.2) is 0 Å². The van der Waals surface area contributed by atoms with Gasteiger partial charge in [0, 0.05) is 12.8 Å². The minimum absolute atomic E-state index is 0.115. The van der Waals surface area contributed by atoms with Gasteiger partial charge in [-0.2, -0.15) is 0 Å². The van der Waals surface area contributed by atoms with Crippen molar-refractivity contribution in [3.63, 3.8) is 0 Å². The van der Waals surface area contributed by atoms with Gasteiger partial charge >= 0.3 is 11.9 Å². The molecule has 0 aromatic carbocycles. The van der Waals surface area contributed by atoms with Crippen molar-refractivity contribution >= 4 is 11.9 Å². The van der Waals surface area contributed by atoms with E-state index in [1.165, 1.54) is 6.42 Å². The second-order valence-electron chi connectivity index (χ2n) is 11.2. The van der Waals surface area contributed by atoms with Gasteiger partial charge < -0.3 is 9.84 Å². The molecule has 4 heteroatoms. The number of carbonyl (C=O) groups excluding carboxylic acids is 1. The third kappa shape index (κ3) is 15.9. The number of esters is 1. The highest BCUT2D eigenvalue weighted by atomic mass is 16.5. The van der Waals surface area contributed by atoms with E-state index in [1.54, 1.807) is 0 Å². The molecule has 28 heavy (non-hydrogen) atoms. The van der Waals surface area contributed by atoms with Crippen molar-refractivity contribution in [3.05, 3.63) is 0 Å². The van der Waals surface area contributed by atoms with Crippen LogP contribution >= 0.6 is 0 Å². The topological polar surface area (TPSA) is 63.6 Å². The Hall–Kier alpha value is -1.06. The number of unbranched alkanes of at least 4 members (excludes halogenated alkanes) is 1. The lowest BCUT2D eigenvalue weighted by Gasteiger charge is -2.31. The van der Waals surface area contributed by atoms with Crippen molar-refractivity contribution < 1.29 is 19.4 Å². The molecule has 166 valence electrons. The maximum absolute atomic E-state index is 12.1. The molecule has 0 saturated carbocycles. The van der Waals surface area contributed by atoms with Gasteiger partial charge in [0.2, 0.25) is 0 Å². The summed E-state index contributed by atoms with van der Waals surface area (Å²) in [7, 11) is 0. The van der Waals surface area contributed by atoms with Gasteiger partial charge in [0.15, 0.2) is 0 Å². The Morgan fingerprint density at radius 2 is 1.39 bits per heavy atom. The summed E-state index contributed by atoms with van der Waals surface area (Å²) < 4.78 is 5.59. The molecule has 0 aliphatic heterocycles. The zero-order valence-corrected chi connectivity index (χ0v) is 19.8. The smallest absolute Gasteiger partial charge is 0.305 e. The first-order valence-corrected chi connectivity index (χ1v) is 11.1. The zero-order valence-electron chi connectivity index (χ0n) is 19.8. The number of hydrogen-bond acceptors (Lipinski definition) is 3. The number of carbonyl (C=O) groups is 2. The Morgan fingerprint density at radius 3 is 1.89 bits per heavy atom. The van der Waals surface area contributed by atoms with Gasteiger partial charge in [-0.15, -0.1) is 0 Å². The Labute approximate surface area is 173 Å². The van der Waals surface area contributed by atoms with Crippen LogP contribution in [0.4, 0.5) is 0 Å². The molecular formula is C24H46O4. The van der Waals surface area contributed by atoms with E-state index in [0.717, 1.165) is 19.3 Å². The van der Waals surface area contributed by atoms with Gasteiger partial charge in [-0.1, -0.05) is 61.8 Å². The molecule has 0 rings (SSSR count). The van der Waals surface area contributed by atoms with Gasteiger partial charge in [0.1, 0.15) is 0 Å². The van der Waals surface area contributed by atoms with E-state index in [9.17, 15) is 9.59 Å². The van der Waals surface area contributed by atoms with Crippen molar-refractivity contribution in [1.82, 2.24) is 0 Å². The van der Waals surface area contributed by atoms with Crippen molar-refractivity contribution in [2.75, 3.05) is 6.61 Å². The number of ether oxygens (including phenoxy) is 1. The Kier molecular flexibility index (Phi) is 12.0. The number of carboxylic acids is 1. The molecular weight excluding hydrogens is 352 g/mol. The molecule has 0 aliphatic rings. The van der Waals surface area contributed by atoms with E-state index in [0.29, 0.717) is 49.0 Å². The fourth-order valence-electron chi connectivity index (χ4n) is 4.13. The maximum Gasteiger partial charge on any atom is 0.305 e. The first-order chi connectivity index (χ1) is 12.7. The summed E-state index contributed by atoms with van der Waals surface area (Å²) in [6.45, 7) is 18.7. The normalized spacial score (nSPS) is 15.7. The molecule has 1 N–H and O–H groups in total. The lowest BCUT2D eigenvalue weighted by molar-refractivity contribution is -0.146. The number of hydrogen-bond donors (Lipinski definition) is 1. The van der Waals surface area contributed by atoms with Crippen LogP contribution in [0, 0.1) is 28.6 Å². The van der Waals surface area contributed by atoms with Crippen molar-refractivity contribution in [2.24, 2.45) is 28.6 Å². The molecule has 0 amide bonds. The van der Waals surface area contributed by atoms with Gasteiger partial charge in [-0.3, -0.25) is 9.59 Å². The fraction of sp³-hybridized carbons (Fsp3) is 0.917. The largest absolute Gasteiger partial charge is 0.481 e. The van der Waals surface area contributed by atoms with E-state index in [1.807, 2.05) is 0 Å². The zero-order chi connectivity index (χ0) is 22.0. The lowest BCUT2D eigenvalue weighted by atomic mass is 9.76. The van der Waals surface area contributed by atoms with E-state index in [4.69, 9.17) is 9.84 Å².